The average Bonchev–Trinajstić information content (AvgIpc) is 2.55. The van der Waals surface area contributed by atoms with E-state index < -0.39 is 0 Å². The SMILES string of the molecule is CCCCNc1cncc(C(=O)Nc2cc(Cl)ccc2OC)c1. The molecule has 1 aromatic heterocycles. The van der Waals surface area contributed by atoms with Gasteiger partial charge in [0, 0.05) is 24.0 Å². The molecule has 1 heterocycles. The van der Waals surface area contributed by atoms with Gasteiger partial charge in [-0.25, -0.2) is 0 Å². The number of hydrogen-bond donors (Lipinski definition) is 2. The summed E-state index contributed by atoms with van der Waals surface area (Å²) >= 11 is 5.97. The highest BCUT2D eigenvalue weighted by Gasteiger charge is 2.11. The van der Waals surface area contributed by atoms with Crippen LogP contribution in [0.4, 0.5) is 11.4 Å². The van der Waals surface area contributed by atoms with Crippen LogP contribution in [0.5, 0.6) is 5.75 Å². The summed E-state index contributed by atoms with van der Waals surface area (Å²) in [6, 6.07) is 6.83. The Balaban J connectivity index is 2.11. The molecule has 5 nitrogen and oxygen atoms in total. The number of rotatable bonds is 7. The molecule has 0 saturated heterocycles. The van der Waals surface area contributed by atoms with Gasteiger partial charge in [0.15, 0.2) is 0 Å². The Labute approximate surface area is 141 Å². The first-order chi connectivity index (χ1) is 11.1. The third kappa shape index (κ3) is 4.86. The van der Waals surface area contributed by atoms with Gasteiger partial charge in [-0.05, 0) is 30.7 Å². The number of ether oxygens (including phenoxy) is 1. The predicted octanol–water partition coefficient (Wildman–Crippen LogP) is 4.21. The number of halogens is 1. The number of methoxy groups -OCH3 is 1. The second-order valence-electron chi connectivity index (χ2n) is 5.04. The smallest absolute Gasteiger partial charge is 0.257 e. The Morgan fingerprint density at radius 1 is 1.30 bits per heavy atom. The fourth-order valence-corrected chi connectivity index (χ4v) is 2.21. The maximum absolute atomic E-state index is 12.4. The zero-order chi connectivity index (χ0) is 16.7. The summed E-state index contributed by atoms with van der Waals surface area (Å²) in [5.41, 5.74) is 1.81. The highest BCUT2D eigenvalue weighted by Crippen LogP contribution is 2.28. The number of carbonyl (C=O) groups excluding carboxylic acids is 1. The van der Waals surface area contributed by atoms with Crippen LogP contribution in [0.3, 0.4) is 0 Å². The molecule has 2 aromatic rings. The van der Waals surface area contributed by atoms with Crippen molar-refractivity contribution < 1.29 is 9.53 Å². The number of anilines is 2. The fourth-order valence-electron chi connectivity index (χ4n) is 2.04. The van der Waals surface area contributed by atoms with E-state index in [9.17, 15) is 4.79 Å². The van der Waals surface area contributed by atoms with Crippen molar-refractivity contribution in [3.05, 3.63) is 47.2 Å². The Hall–Kier alpha value is -2.27. The number of aromatic nitrogens is 1. The molecule has 0 spiro atoms. The number of nitrogens with zero attached hydrogens (tertiary/aromatic N) is 1. The molecule has 0 atom stereocenters. The van der Waals surface area contributed by atoms with Crippen molar-refractivity contribution in [1.82, 2.24) is 4.98 Å². The van der Waals surface area contributed by atoms with Gasteiger partial charge in [-0.3, -0.25) is 9.78 Å². The summed E-state index contributed by atoms with van der Waals surface area (Å²) in [5, 5.41) is 6.57. The number of amides is 1. The monoisotopic (exact) mass is 333 g/mol. The summed E-state index contributed by atoms with van der Waals surface area (Å²) in [6.45, 7) is 2.98. The topological polar surface area (TPSA) is 63.2 Å². The Morgan fingerprint density at radius 2 is 2.13 bits per heavy atom. The van der Waals surface area contributed by atoms with Gasteiger partial charge in [-0.2, -0.15) is 0 Å². The van der Waals surface area contributed by atoms with Crippen LogP contribution in [0.2, 0.25) is 5.02 Å². The Kier molecular flexibility index (Phi) is 6.23. The van der Waals surface area contributed by atoms with Gasteiger partial charge in [-0.15, -0.1) is 0 Å². The molecule has 0 radical (unpaired) electrons. The lowest BCUT2D eigenvalue weighted by Crippen LogP contribution is -2.13. The minimum Gasteiger partial charge on any atom is -0.495 e. The summed E-state index contributed by atoms with van der Waals surface area (Å²) in [7, 11) is 1.54. The lowest BCUT2D eigenvalue weighted by molar-refractivity contribution is 0.102. The zero-order valence-electron chi connectivity index (χ0n) is 13.2. The molecule has 0 saturated carbocycles. The Bertz CT molecular complexity index is 677. The number of hydrogen-bond acceptors (Lipinski definition) is 4. The summed E-state index contributed by atoms with van der Waals surface area (Å²) in [6.07, 6.45) is 5.40. The van der Waals surface area contributed by atoms with Crippen LogP contribution >= 0.6 is 11.6 Å². The third-order valence-electron chi connectivity index (χ3n) is 3.27. The average molecular weight is 334 g/mol. The molecule has 0 bridgehead atoms. The van der Waals surface area contributed by atoms with Crippen molar-refractivity contribution >= 4 is 28.9 Å². The quantitative estimate of drug-likeness (QED) is 0.745. The van der Waals surface area contributed by atoms with Crippen LogP contribution in [0.25, 0.3) is 0 Å². The van der Waals surface area contributed by atoms with Crippen molar-refractivity contribution in [3.8, 4) is 5.75 Å². The summed E-state index contributed by atoms with van der Waals surface area (Å²) in [4.78, 5) is 16.5. The lowest BCUT2D eigenvalue weighted by Gasteiger charge is -2.11. The molecule has 1 aromatic carbocycles. The van der Waals surface area contributed by atoms with Gasteiger partial charge in [0.25, 0.3) is 5.91 Å². The van der Waals surface area contributed by atoms with E-state index in [1.54, 1.807) is 37.6 Å². The molecule has 23 heavy (non-hydrogen) atoms. The summed E-state index contributed by atoms with van der Waals surface area (Å²) in [5.74, 6) is 0.283. The minimum absolute atomic E-state index is 0.266. The first-order valence-corrected chi connectivity index (χ1v) is 7.85. The van der Waals surface area contributed by atoms with E-state index in [1.165, 1.54) is 6.20 Å². The molecule has 0 aliphatic heterocycles. The zero-order valence-corrected chi connectivity index (χ0v) is 14.0. The van der Waals surface area contributed by atoms with E-state index in [-0.39, 0.29) is 5.91 Å². The lowest BCUT2D eigenvalue weighted by atomic mass is 10.2. The molecule has 0 unspecified atom stereocenters. The van der Waals surface area contributed by atoms with Crippen LogP contribution < -0.4 is 15.4 Å². The van der Waals surface area contributed by atoms with Gasteiger partial charge >= 0.3 is 0 Å². The van der Waals surface area contributed by atoms with Crippen molar-refractivity contribution in [2.45, 2.75) is 19.8 Å². The molecular formula is C17H20ClN3O2. The number of pyridine rings is 1. The maximum atomic E-state index is 12.4. The molecule has 2 N–H and O–H groups in total. The van der Waals surface area contributed by atoms with Crippen molar-refractivity contribution in [3.63, 3.8) is 0 Å². The maximum Gasteiger partial charge on any atom is 0.257 e. The molecule has 0 aliphatic carbocycles. The van der Waals surface area contributed by atoms with Crippen molar-refractivity contribution in [2.24, 2.45) is 0 Å². The standard InChI is InChI=1S/C17H20ClN3O2/c1-3-4-7-20-14-8-12(10-19-11-14)17(22)21-15-9-13(18)5-6-16(15)23-2/h5-6,8-11,20H,3-4,7H2,1-2H3,(H,21,22). The normalized spacial score (nSPS) is 10.2. The second-order valence-corrected chi connectivity index (χ2v) is 5.48. The van der Waals surface area contributed by atoms with Crippen LogP contribution in [-0.4, -0.2) is 24.5 Å². The number of nitrogens with one attached hydrogen (secondary N) is 2. The van der Waals surface area contributed by atoms with Crippen molar-refractivity contribution in [1.29, 1.82) is 0 Å². The van der Waals surface area contributed by atoms with Crippen LogP contribution in [-0.2, 0) is 0 Å². The van der Waals surface area contributed by atoms with Gasteiger partial charge in [0.05, 0.1) is 24.0 Å². The molecule has 122 valence electrons. The van der Waals surface area contributed by atoms with E-state index in [0.717, 1.165) is 25.1 Å². The van der Waals surface area contributed by atoms with Gasteiger partial charge in [-0.1, -0.05) is 24.9 Å². The number of carbonyl (C=O) groups is 1. The first kappa shape index (κ1) is 17.1. The molecule has 0 fully saturated rings. The first-order valence-electron chi connectivity index (χ1n) is 7.48. The van der Waals surface area contributed by atoms with Crippen LogP contribution in [0, 0.1) is 0 Å². The van der Waals surface area contributed by atoms with E-state index in [0.29, 0.717) is 22.0 Å². The van der Waals surface area contributed by atoms with E-state index in [1.807, 2.05) is 0 Å². The number of unbranched alkanes of at least 4 members (excludes halogenated alkanes) is 1. The van der Waals surface area contributed by atoms with Crippen LogP contribution in [0.1, 0.15) is 30.1 Å². The van der Waals surface area contributed by atoms with Gasteiger partial charge in [0.2, 0.25) is 0 Å². The minimum atomic E-state index is -0.266. The summed E-state index contributed by atoms with van der Waals surface area (Å²) < 4.78 is 5.22. The van der Waals surface area contributed by atoms with Gasteiger partial charge in [0.1, 0.15) is 5.75 Å². The van der Waals surface area contributed by atoms with Crippen molar-refractivity contribution in [2.75, 3.05) is 24.3 Å². The molecule has 2 rings (SSSR count). The van der Waals surface area contributed by atoms with Gasteiger partial charge < -0.3 is 15.4 Å². The fraction of sp³-hybridized carbons (Fsp3) is 0.294. The molecule has 1 amide bonds. The van der Waals surface area contributed by atoms with E-state index in [2.05, 4.69) is 22.5 Å². The second kappa shape index (κ2) is 8.39. The molecular weight excluding hydrogens is 314 g/mol. The Morgan fingerprint density at radius 3 is 2.87 bits per heavy atom. The number of benzene rings is 1. The highest BCUT2D eigenvalue weighted by atomic mass is 35.5. The predicted molar refractivity (Wildman–Crippen MR) is 93.6 cm³/mol. The van der Waals surface area contributed by atoms with E-state index >= 15 is 0 Å². The van der Waals surface area contributed by atoms with Crippen LogP contribution in [0.15, 0.2) is 36.7 Å². The molecule has 0 aliphatic rings. The largest absolute Gasteiger partial charge is 0.495 e. The molecule has 6 heteroatoms. The highest BCUT2D eigenvalue weighted by molar-refractivity contribution is 6.31. The third-order valence-corrected chi connectivity index (χ3v) is 3.50. The van der Waals surface area contributed by atoms with E-state index in [4.69, 9.17) is 16.3 Å².